The first-order valence-electron chi connectivity index (χ1n) is 11.0. The largest absolute Gasteiger partial charge is 0.488 e. The van der Waals surface area contributed by atoms with Crippen molar-refractivity contribution in [2.45, 2.75) is 31.4 Å². The zero-order valence-corrected chi connectivity index (χ0v) is 20.7. The van der Waals surface area contributed by atoms with Gasteiger partial charge in [-0.25, -0.2) is 14.0 Å². The fourth-order valence-electron chi connectivity index (χ4n) is 3.87. The zero-order valence-electron chi connectivity index (χ0n) is 19.8. The van der Waals surface area contributed by atoms with E-state index in [1.807, 2.05) is 0 Å². The second-order valence-corrected chi connectivity index (χ2v) is 9.75. The first-order chi connectivity index (χ1) is 17.6. The molecule has 4 atom stereocenters. The predicted molar refractivity (Wildman–Crippen MR) is 128 cm³/mol. The van der Waals surface area contributed by atoms with Gasteiger partial charge in [-0.3, -0.25) is 23.4 Å². The monoisotopic (exact) mass is 537 g/mol. The maximum absolute atomic E-state index is 12.6. The standard InChI is InChI=1S/C20H25BN5O10P/c1-33-11-17-16(36-37(31,32)34-2)7-18(35-17)26-9-14(19(27)22-20(26)28)15-10-25(24-23-15)8-12-3-5-13(6-4-12)21(29)30/h3-6,9-10,16-18,29-30H,7-8,11H2,1-2H3,(H,31,32)(H,22,27,28)/t16?,17-,18-/m1/s1. The Balaban J connectivity index is 1.57. The maximum Gasteiger partial charge on any atom is 0.488 e. The second-order valence-electron chi connectivity index (χ2n) is 8.24. The van der Waals surface area contributed by atoms with E-state index in [-0.39, 0.29) is 30.8 Å². The molecule has 3 aromatic rings. The third-order valence-corrected chi connectivity index (χ3v) is 6.72. The number of methoxy groups -OCH3 is 1. The molecule has 1 aliphatic heterocycles. The highest BCUT2D eigenvalue weighted by molar-refractivity contribution is 7.47. The number of phosphoric acid groups is 1. The predicted octanol–water partition coefficient (Wildman–Crippen LogP) is -1.41. The summed E-state index contributed by atoms with van der Waals surface area (Å²) in [7, 11) is -3.47. The van der Waals surface area contributed by atoms with Crippen LogP contribution < -0.4 is 16.7 Å². The van der Waals surface area contributed by atoms with Gasteiger partial charge in [-0.2, -0.15) is 0 Å². The van der Waals surface area contributed by atoms with Crippen LogP contribution in [0, 0.1) is 0 Å². The third-order valence-electron chi connectivity index (χ3n) is 5.73. The van der Waals surface area contributed by atoms with Crippen LogP contribution in [-0.4, -0.2) is 79.6 Å². The minimum atomic E-state index is -4.34. The number of H-pyrrole nitrogens is 1. The number of phosphoric ester groups is 1. The molecule has 0 saturated carbocycles. The lowest BCUT2D eigenvalue weighted by Gasteiger charge is -2.19. The van der Waals surface area contributed by atoms with Crippen LogP contribution in [0.5, 0.6) is 0 Å². The van der Waals surface area contributed by atoms with E-state index in [4.69, 9.17) is 14.0 Å². The highest BCUT2D eigenvalue weighted by Gasteiger charge is 2.41. The number of aromatic nitrogens is 5. The number of nitrogens with one attached hydrogen (secondary N) is 1. The van der Waals surface area contributed by atoms with Crippen molar-refractivity contribution in [3.05, 3.63) is 63.1 Å². The summed E-state index contributed by atoms with van der Waals surface area (Å²) in [4.78, 5) is 37.1. The summed E-state index contributed by atoms with van der Waals surface area (Å²) in [5.41, 5.74) is -0.0653. The highest BCUT2D eigenvalue weighted by Crippen LogP contribution is 2.47. The van der Waals surface area contributed by atoms with Crippen molar-refractivity contribution in [3.63, 3.8) is 0 Å². The average molecular weight is 537 g/mol. The summed E-state index contributed by atoms with van der Waals surface area (Å²) in [5, 5.41) is 26.5. The van der Waals surface area contributed by atoms with Crippen molar-refractivity contribution in [1.82, 2.24) is 24.5 Å². The van der Waals surface area contributed by atoms with Gasteiger partial charge in [0.05, 0.1) is 24.9 Å². The third kappa shape index (κ3) is 6.31. The van der Waals surface area contributed by atoms with Crippen LogP contribution in [0.25, 0.3) is 11.3 Å². The van der Waals surface area contributed by atoms with Gasteiger partial charge in [-0.05, 0) is 11.0 Å². The van der Waals surface area contributed by atoms with E-state index in [1.165, 1.54) is 24.2 Å². The zero-order chi connectivity index (χ0) is 26.7. The lowest BCUT2D eigenvalue weighted by molar-refractivity contribution is -0.0544. The van der Waals surface area contributed by atoms with Gasteiger partial charge in [0.1, 0.15) is 24.1 Å². The molecule has 3 heterocycles. The summed E-state index contributed by atoms with van der Waals surface area (Å²) < 4.78 is 35.1. The molecule has 0 radical (unpaired) electrons. The van der Waals surface area contributed by atoms with E-state index in [0.717, 1.165) is 17.2 Å². The van der Waals surface area contributed by atoms with Gasteiger partial charge >= 0.3 is 20.6 Å². The van der Waals surface area contributed by atoms with E-state index in [1.54, 1.807) is 24.3 Å². The molecule has 198 valence electrons. The Labute approximate surface area is 210 Å². The van der Waals surface area contributed by atoms with Crippen molar-refractivity contribution in [2.24, 2.45) is 0 Å². The van der Waals surface area contributed by atoms with Crippen LogP contribution in [0.2, 0.25) is 0 Å². The van der Waals surface area contributed by atoms with E-state index in [0.29, 0.717) is 5.46 Å². The summed E-state index contributed by atoms with van der Waals surface area (Å²) >= 11 is 0. The van der Waals surface area contributed by atoms with E-state index in [9.17, 15) is 29.1 Å². The topological polar surface area (TPSA) is 200 Å². The molecular formula is C20H25BN5O10P. The molecule has 1 aromatic carbocycles. The number of hydrogen-bond donors (Lipinski definition) is 4. The number of rotatable bonds is 10. The number of nitrogens with zero attached hydrogens (tertiary/aromatic N) is 4. The fourth-order valence-corrected chi connectivity index (χ4v) is 4.52. The number of ether oxygens (including phenoxy) is 2. The molecule has 0 amide bonds. The molecule has 1 fully saturated rings. The number of aromatic amines is 1. The van der Waals surface area contributed by atoms with Crippen LogP contribution in [-0.2, 0) is 29.6 Å². The van der Waals surface area contributed by atoms with Crippen molar-refractivity contribution in [1.29, 1.82) is 0 Å². The average Bonchev–Trinajstić information content (AvgIpc) is 3.46. The SMILES string of the molecule is COC[C@H]1O[C@@H](n2cc(-c3cn(Cc4ccc(B(O)O)cc4)nn3)c(=O)[nH]c2=O)CC1OP(=O)(O)OC. The van der Waals surface area contributed by atoms with Crippen LogP contribution in [0.3, 0.4) is 0 Å². The van der Waals surface area contributed by atoms with Crippen molar-refractivity contribution < 1.29 is 38.0 Å². The minimum absolute atomic E-state index is 0.00144. The quantitative estimate of drug-likeness (QED) is 0.174. The molecule has 1 aliphatic rings. The molecule has 2 unspecified atom stereocenters. The molecule has 37 heavy (non-hydrogen) atoms. The molecule has 0 bridgehead atoms. The molecular weight excluding hydrogens is 512 g/mol. The molecule has 15 nitrogen and oxygen atoms in total. The molecule has 2 aromatic heterocycles. The van der Waals surface area contributed by atoms with E-state index in [2.05, 4.69) is 19.8 Å². The Kier molecular flexibility index (Phi) is 8.21. The summed E-state index contributed by atoms with van der Waals surface area (Å²) in [5.74, 6) is 0. The molecule has 1 saturated heterocycles. The Morgan fingerprint density at radius 3 is 2.59 bits per heavy atom. The second kappa shape index (κ2) is 11.2. The van der Waals surface area contributed by atoms with Gasteiger partial charge < -0.3 is 24.4 Å². The number of benzene rings is 1. The molecule has 4 rings (SSSR count). The normalized spacial score (nSPS) is 21.2. The summed E-state index contributed by atoms with van der Waals surface area (Å²) in [6.07, 6.45) is 0.135. The van der Waals surface area contributed by atoms with Crippen LogP contribution >= 0.6 is 7.82 Å². The van der Waals surface area contributed by atoms with Crippen molar-refractivity contribution in [2.75, 3.05) is 20.8 Å². The van der Waals surface area contributed by atoms with Crippen LogP contribution in [0.15, 0.2) is 46.2 Å². The van der Waals surface area contributed by atoms with Gasteiger partial charge in [0.15, 0.2) is 0 Å². The molecule has 17 heteroatoms. The van der Waals surface area contributed by atoms with Crippen molar-refractivity contribution in [3.8, 4) is 11.3 Å². The lowest BCUT2D eigenvalue weighted by Crippen LogP contribution is -2.33. The van der Waals surface area contributed by atoms with Crippen LogP contribution in [0.1, 0.15) is 18.2 Å². The van der Waals surface area contributed by atoms with Crippen molar-refractivity contribution >= 4 is 20.4 Å². The Hall–Kier alpha value is -2.95. The number of hydrogen-bond acceptors (Lipinski definition) is 11. The highest BCUT2D eigenvalue weighted by atomic mass is 31.2. The first-order valence-corrected chi connectivity index (χ1v) is 12.5. The van der Waals surface area contributed by atoms with Gasteiger partial charge in [0, 0.05) is 26.8 Å². The maximum atomic E-state index is 12.6. The first kappa shape index (κ1) is 27.1. The molecule has 0 spiro atoms. The van der Waals surface area contributed by atoms with E-state index >= 15 is 0 Å². The summed E-state index contributed by atoms with van der Waals surface area (Å²) in [6.45, 7) is 0.304. The van der Waals surface area contributed by atoms with Gasteiger partial charge in [-0.1, -0.05) is 29.5 Å². The minimum Gasteiger partial charge on any atom is -0.423 e. The van der Waals surface area contributed by atoms with Crippen LogP contribution in [0.4, 0.5) is 0 Å². The van der Waals surface area contributed by atoms with E-state index < -0.39 is 44.6 Å². The van der Waals surface area contributed by atoms with Gasteiger partial charge in [-0.15, -0.1) is 5.10 Å². The molecule has 4 N–H and O–H groups in total. The fraction of sp³-hybridized carbons (Fsp3) is 0.400. The smallest absolute Gasteiger partial charge is 0.423 e. The van der Waals surface area contributed by atoms with Gasteiger partial charge in [0.2, 0.25) is 0 Å². The van der Waals surface area contributed by atoms with Gasteiger partial charge in [0.25, 0.3) is 5.56 Å². The molecule has 0 aliphatic carbocycles. The lowest BCUT2D eigenvalue weighted by atomic mass is 9.80. The summed E-state index contributed by atoms with van der Waals surface area (Å²) in [6, 6.07) is 6.53. The Morgan fingerprint density at radius 1 is 1.22 bits per heavy atom. The Bertz CT molecular complexity index is 1390. The Morgan fingerprint density at radius 2 is 1.95 bits per heavy atom.